The molecule has 0 radical (unpaired) electrons. The monoisotopic (exact) mass is 461 g/mol. The number of nitrogens with one attached hydrogen (secondary N) is 1. The smallest absolute Gasteiger partial charge is 0.387 e. The van der Waals surface area contributed by atoms with E-state index in [2.05, 4.69) is 15.0 Å². The summed E-state index contributed by atoms with van der Waals surface area (Å²) in [4.78, 5) is 29.9. The van der Waals surface area contributed by atoms with Crippen molar-refractivity contribution in [3.8, 4) is 17.4 Å². The minimum atomic E-state index is -2.92. The molecule has 32 heavy (non-hydrogen) atoms. The molecule has 2 amide bonds. The zero-order chi connectivity index (χ0) is 23.1. The molecule has 10 heteroatoms. The number of benzene rings is 2. The van der Waals surface area contributed by atoms with Gasteiger partial charge in [0.1, 0.15) is 11.5 Å². The van der Waals surface area contributed by atoms with E-state index in [0.29, 0.717) is 27.9 Å². The Bertz CT molecular complexity index is 1060. The highest BCUT2D eigenvalue weighted by Crippen LogP contribution is 2.22. The molecule has 1 aromatic heterocycles. The van der Waals surface area contributed by atoms with Crippen LogP contribution in [0, 0.1) is 0 Å². The van der Waals surface area contributed by atoms with Crippen LogP contribution in [0.2, 0.25) is 5.02 Å². The number of hydrogen-bond donors (Lipinski definition) is 1. The number of rotatable bonds is 7. The molecule has 0 unspecified atom stereocenters. The van der Waals surface area contributed by atoms with E-state index in [1.54, 1.807) is 36.4 Å². The first-order valence-corrected chi connectivity index (χ1v) is 9.67. The quantitative estimate of drug-likeness (QED) is 0.515. The van der Waals surface area contributed by atoms with E-state index in [9.17, 15) is 18.4 Å². The van der Waals surface area contributed by atoms with Gasteiger partial charge in [-0.15, -0.1) is 0 Å². The molecule has 166 valence electrons. The molecule has 0 saturated carbocycles. The van der Waals surface area contributed by atoms with E-state index in [4.69, 9.17) is 16.3 Å². The summed E-state index contributed by atoms with van der Waals surface area (Å²) in [5.41, 5.74) is 0.953. The molecule has 0 aliphatic rings. The van der Waals surface area contributed by atoms with Gasteiger partial charge in [-0.25, -0.2) is 4.98 Å². The zero-order valence-electron chi connectivity index (χ0n) is 16.8. The van der Waals surface area contributed by atoms with Gasteiger partial charge in [0, 0.05) is 24.7 Å². The van der Waals surface area contributed by atoms with Crippen LogP contribution in [0.15, 0.2) is 66.9 Å². The second kappa shape index (κ2) is 10.5. The van der Waals surface area contributed by atoms with E-state index >= 15 is 0 Å². The summed E-state index contributed by atoms with van der Waals surface area (Å²) < 4.78 is 34.2. The number of alkyl halides is 2. The van der Waals surface area contributed by atoms with E-state index < -0.39 is 18.4 Å². The maximum absolute atomic E-state index is 12.3. The number of carbonyl (C=O) groups is 2. The minimum absolute atomic E-state index is 0.00598. The Morgan fingerprint density at radius 1 is 1.03 bits per heavy atom. The molecule has 0 aliphatic heterocycles. The summed E-state index contributed by atoms with van der Waals surface area (Å²) in [5.74, 6) is -0.776. The maximum Gasteiger partial charge on any atom is 0.387 e. The van der Waals surface area contributed by atoms with Crippen molar-refractivity contribution in [2.24, 2.45) is 0 Å². The minimum Gasteiger partial charge on any atom is -0.439 e. The lowest BCUT2D eigenvalue weighted by Gasteiger charge is -2.17. The average Bonchev–Trinajstić information content (AvgIpc) is 2.77. The molecule has 3 aromatic rings. The first-order chi connectivity index (χ1) is 15.3. The van der Waals surface area contributed by atoms with Crippen molar-refractivity contribution in [1.29, 1.82) is 0 Å². The molecule has 0 bridgehead atoms. The van der Waals surface area contributed by atoms with Gasteiger partial charge < -0.3 is 19.7 Å². The van der Waals surface area contributed by atoms with Gasteiger partial charge in [-0.1, -0.05) is 23.7 Å². The van der Waals surface area contributed by atoms with Gasteiger partial charge in [0.25, 0.3) is 0 Å². The third-order valence-corrected chi connectivity index (χ3v) is 4.39. The summed E-state index contributed by atoms with van der Waals surface area (Å²) in [7, 11) is 1.45. The Morgan fingerprint density at radius 2 is 1.69 bits per heavy atom. The molecule has 0 saturated heterocycles. The number of aromatic nitrogens is 1. The fourth-order valence-corrected chi connectivity index (χ4v) is 2.74. The lowest BCUT2D eigenvalue weighted by Crippen LogP contribution is -2.36. The number of halogens is 3. The molecule has 3 rings (SSSR count). The van der Waals surface area contributed by atoms with Crippen molar-refractivity contribution in [2.45, 2.75) is 13.2 Å². The van der Waals surface area contributed by atoms with Gasteiger partial charge in [-0.05, 0) is 48.0 Å². The van der Waals surface area contributed by atoms with Gasteiger partial charge >= 0.3 is 18.4 Å². The fourth-order valence-electron chi connectivity index (χ4n) is 2.62. The lowest BCUT2D eigenvalue weighted by molar-refractivity contribution is -0.142. The van der Waals surface area contributed by atoms with Gasteiger partial charge in [0.2, 0.25) is 5.88 Å². The number of ether oxygens (including phenoxy) is 2. The Morgan fingerprint density at radius 3 is 2.28 bits per heavy atom. The molecule has 0 aliphatic carbocycles. The molecule has 7 nitrogen and oxygen atoms in total. The number of amides is 2. The van der Waals surface area contributed by atoms with Crippen molar-refractivity contribution in [1.82, 2.24) is 9.88 Å². The van der Waals surface area contributed by atoms with Crippen molar-refractivity contribution in [3.05, 3.63) is 77.4 Å². The van der Waals surface area contributed by atoms with E-state index in [1.807, 2.05) is 0 Å². The topological polar surface area (TPSA) is 80.8 Å². The zero-order valence-corrected chi connectivity index (χ0v) is 17.6. The van der Waals surface area contributed by atoms with Crippen LogP contribution in [0.3, 0.4) is 0 Å². The Labute approximate surface area is 187 Å². The number of pyridine rings is 1. The number of anilines is 1. The van der Waals surface area contributed by atoms with Crippen molar-refractivity contribution in [2.75, 3.05) is 12.4 Å². The van der Waals surface area contributed by atoms with Crippen LogP contribution in [-0.4, -0.2) is 35.4 Å². The first kappa shape index (κ1) is 23.0. The Hall–Kier alpha value is -3.72. The Kier molecular flexibility index (Phi) is 7.56. The third-order valence-electron chi connectivity index (χ3n) is 4.14. The van der Waals surface area contributed by atoms with Crippen molar-refractivity contribution >= 4 is 29.1 Å². The number of carbonyl (C=O) groups excluding carboxylic acids is 2. The SMILES string of the molecule is CN(Cc1ccc(OC(F)F)cc1)C(=O)C(=O)Nc1ccc(Oc2ccc(Cl)cc2)nc1. The van der Waals surface area contributed by atoms with Crippen LogP contribution in [-0.2, 0) is 16.1 Å². The van der Waals surface area contributed by atoms with Gasteiger partial charge in [-0.3, -0.25) is 9.59 Å². The van der Waals surface area contributed by atoms with Crippen LogP contribution >= 0.6 is 11.6 Å². The summed E-state index contributed by atoms with van der Waals surface area (Å²) in [5, 5.41) is 3.05. The Balaban J connectivity index is 1.52. The van der Waals surface area contributed by atoms with Gasteiger partial charge in [0.05, 0.1) is 11.9 Å². The third kappa shape index (κ3) is 6.64. The average molecular weight is 462 g/mol. The highest BCUT2D eigenvalue weighted by Gasteiger charge is 2.19. The van der Waals surface area contributed by atoms with Gasteiger partial charge in [-0.2, -0.15) is 8.78 Å². The number of hydrogen-bond acceptors (Lipinski definition) is 5. The summed E-state index contributed by atoms with van der Waals surface area (Å²) in [6, 6.07) is 15.6. The van der Waals surface area contributed by atoms with Crippen molar-refractivity contribution in [3.63, 3.8) is 0 Å². The summed E-state index contributed by atoms with van der Waals surface area (Å²) in [6.45, 7) is -2.81. The van der Waals surface area contributed by atoms with Crippen LogP contribution in [0.4, 0.5) is 14.5 Å². The molecular formula is C22H18ClF2N3O4. The molecular weight excluding hydrogens is 444 g/mol. The molecule has 1 heterocycles. The second-order valence-electron chi connectivity index (χ2n) is 6.58. The normalized spacial score (nSPS) is 10.5. The molecule has 1 N–H and O–H groups in total. The van der Waals surface area contributed by atoms with Crippen LogP contribution in [0.25, 0.3) is 0 Å². The molecule has 0 fully saturated rings. The molecule has 0 spiro atoms. The summed E-state index contributed by atoms with van der Waals surface area (Å²) in [6.07, 6.45) is 1.36. The predicted octanol–water partition coefficient (Wildman–Crippen LogP) is 4.73. The lowest BCUT2D eigenvalue weighted by atomic mass is 10.2. The summed E-state index contributed by atoms with van der Waals surface area (Å²) >= 11 is 5.83. The molecule has 0 atom stereocenters. The standard InChI is InChI=1S/C22H18ClF2N3O4/c1-28(13-14-2-7-18(8-3-14)32-22(24)25)21(30)20(29)27-16-6-11-19(26-12-16)31-17-9-4-15(23)5-10-17/h2-12,22H,13H2,1H3,(H,27,29). The largest absolute Gasteiger partial charge is 0.439 e. The fraction of sp³-hybridized carbons (Fsp3) is 0.136. The van der Waals surface area contributed by atoms with Gasteiger partial charge in [0.15, 0.2) is 0 Å². The number of likely N-dealkylation sites (N-methyl/N-ethyl adjacent to an activating group) is 1. The first-order valence-electron chi connectivity index (χ1n) is 9.30. The van der Waals surface area contributed by atoms with Crippen molar-refractivity contribution < 1.29 is 27.8 Å². The second-order valence-corrected chi connectivity index (χ2v) is 7.02. The van der Waals surface area contributed by atoms with E-state index in [1.165, 1.54) is 42.4 Å². The van der Waals surface area contributed by atoms with Crippen LogP contribution < -0.4 is 14.8 Å². The van der Waals surface area contributed by atoms with Crippen LogP contribution in [0.1, 0.15) is 5.56 Å². The molecule has 2 aromatic carbocycles. The predicted molar refractivity (Wildman–Crippen MR) is 114 cm³/mol. The highest BCUT2D eigenvalue weighted by molar-refractivity contribution is 6.39. The maximum atomic E-state index is 12.3. The van der Waals surface area contributed by atoms with E-state index in [0.717, 1.165) is 0 Å². The number of nitrogens with zero attached hydrogens (tertiary/aromatic N) is 2. The van der Waals surface area contributed by atoms with E-state index in [-0.39, 0.29) is 12.3 Å². The highest BCUT2D eigenvalue weighted by atomic mass is 35.5. The van der Waals surface area contributed by atoms with Crippen LogP contribution in [0.5, 0.6) is 17.4 Å².